The summed E-state index contributed by atoms with van der Waals surface area (Å²) in [6.07, 6.45) is 0.0840. The van der Waals surface area contributed by atoms with Crippen molar-refractivity contribution in [1.82, 2.24) is 5.32 Å². The summed E-state index contributed by atoms with van der Waals surface area (Å²) in [5.74, 6) is -1.17. The standard InChI is InChI=1S/C14H19FN2O3/c1-9(18)20-14(2,3)8-17-13(19)7-10-4-5-11(15)12(16)6-10/h4-6H,7-8,16H2,1-3H3,(H,17,19). The molecule has 6 heteroatoms. The molecular weight excluding hydrogens is 263 g/mol. The first-order valence-electron chi connectivity index (χ1n) is 6.20. The van der Waals surface area contributed by atoms with E-state index in [-0.39, 0.29) is 24.6 Å². The van der Waals surface area contributed by atoms with Gasteiger partial charge < -0.3 is 15.8 Å². The highest BCUT2D eigenvalue weighted by Gasteiger charge is 2.21. The second-order valence-electron chi connectivity index (χ2n) is 5.16. The monoisotopic (exact) mass is 282 g/mol. The Balaban J connectivity index is 2.51. The first-order chi connectivity index (χ1) is 9.19. The van der Waals surface area contributed by atoms with Crippen molar-refractivity contribution in [2.75, 3.05) is 12.3 Å². The number of esters is 1. The molecule has 1 rings (SSSR count). The van der Waals surface area contributed by atoms with Crippen molar-refractivity contribution in [1.29, 1.82) is 0 Å². The number of amides is 1. The smallest absolute Gasteiger partial charge is 0.303 e. The van der Waals surface area contributed by atoms with Crippen molar-refractivity contribution in [3.05, 3.63) is 29.6 Å². The Morgan fingerprint density at radius 2 is 2.05 bits per heavy atom. The van der Waals surface area contributed by atoms with E-state index >= 15 is 0 Å². The van der Waals surface area contributed by atoms with Crippen LogP contribution in [0.25, 0.3) is 0 Å². The van der Waals surface area contributed by atoms with Gasteiger partial charge in [-0.05, 0) is 31.5 Å². The fraction of sp³-hybridized carbons (Fsp3) is 0.429. The van der Waals surface area contributed by atoms with Gasteiger partial charge in [0.05, 0.1) is 18.7 Å². The van der Waals surface area contributed by atoms with E-state index in [4.69, 9.17) is 10.5 Å². The van der Waals surface area contributed by atoms with Gasteiger partial charge in [-0.15, -0.1) is 0 Å². The first-order valence-corrected chi connectivity index (χ1v) is 6.20. The Morgan fingerprint density at radius 1 is 1.40 bits per heavy atom. The quantitative estimate of drug-likeness (QED) is 0.632. The molecule has 0 spiro atoms. The molecule has 1 amide bonds. The van der Waals surface area contributed by atoms with Crippen LogP contribution in [0.3, 0.4) is 0 Å². The van der Waals surface area contributed by atoms with Gasteiger partial charge in [0.1, 0.15) is 11.4 Å². The number of ether oxygens (including phenoxy) is 1. The topological polar surface area (TPSA) is 81.4 Å². The minimum Gasteiger partial charge on any atom is -0.458 e. The number of nitrogens with two attached hydrogens (primary N) is 1. The molecule has 0 atom stereocenters. The number of rotatable bonds is 5. The predicted octanol–water partition coefficient (Wildman–Crippen LogP) is 1.41. The maximum atomic E-state index is 13.0. The Labute approximate surface area is 117 Å². The van der Waals surface area contributed by atoms with Gasteiger partial charge in [0.25, 0.3) is 0 Å². The van der Waals surface area contributed by atoms with Crippen molar-refractivity contribution in [2.45, 2.75) is 32.8 Å². The zero-order valence-electron chi connectivity index (χ0n) is 11.8. The van der Waals surface area contributed by atoms with Crippen LogP contribution >= 0.6 is 0 Å². The molecule has 0 radical (unpaired) electrons. The fourth-order valence-electron chi connectivity index (χ4n) is 1.69. The van der Waals surface area contributed by atoms with Crippen molar-refractivity contribution in [3.63, 3.8) is 0 Å². The number of hydrogen-bond donors (Lipinski definition) is 2. The summed E-state index contributed by atoms with van der Waals surface area (Å²) in [7, 11) is 0. The highest BCUT2D eigenvalue weighted by molar-refractivity contribution is 5.79. The number of nitrogen functional groups attached to an aromatic ring is 1. The molecule has 0 aliphatic carbocycles. The second-order valence-corrected chi connectivity index (χ2v) is 5.16. The lowest BCUT2D eigenvalue weighted by molar-refractivity contribution is -0.153. The summed E-state index contributed by atoms with van der Waals surface area (Å²) in [4.78, 5) is 22.6. The average Bonchev–Trinajstić information content (AvgIpc) is 2.30. The molecule has 0 fully saturated rings. The van der Waals surface area contributed by atoms with E-state index < -0.39 is 17.4 Å². The van der Waals surface area contributed by atoms with Gasteiger partial charge in [-0.1, -0.05) is 6.07 Å². The van der Waals surface area contributed by atoms with Crippen LogP contribution in [0.2, 0.25) is 0 Å². The summed E-state index contributed by atoms with van der Waals surface area (Å²) in [6.45, 7) is 4.90. The highest BCUT2D eigenvalue weighted by Crippen LogP contribution is 2.13. The average molecular weight is 282 g/mol. The van der Waals surface area contributed by atoms with Gasteiger partial charge in [-0.3, -0.25) is 9.59 Å². The number of halogens is 1. The van der Waals surface area contributed by atoms with Gasteiger partial charge in [-0.2, -0.15) is 0 Å². The van der Waals surface area contributed by atoms with Crippen LogP contribution in [0.15, 0.2) is 18.2 Å². The van der Waals surface area contributed by atoms with E-state index in [1.807, 2.05) is 0 Å². The van der Waals surface area contributed by atoms with Crippen LogP contribution < -0.4 is 11.1 Å². The van der Waals surface area contributed by atoms with E-state index in [0.717, 1.165) is 0 Å². The molecule has 5 nitrogen and oxygen atoms in total. The minimum atomic E-state index is -0.774. The number of carbonyl (C=O) groups is 2. The normalized spacial score (nSPS) is 11.0. The zero-order chi connectivity index (χ0) is 15.3. The van der Waals surface area contributed by atoms with E-state index in [2.05, 4.69) is 5.32 Å². The van der Waals surface area contributed by atoms with Crippen LogP contribution in [-0.2, 0) is 20.7 Å². The maximum absolute atomic E-state index is 13.0. The molecule has 0 aliphatic heterocycles. The van der Waals surface area contributed by atoms with Crippen LogP contribution in [0.5, 0.6) is 0 Å². The molecule has 0 saturated heterocycles. The molecule has 3 N–H and O–H groups in total. The molecule has 0 saturated carbocycles. The van der Waals surface area contributed by atoms with Gasteiger partial charge in [0, 0.05) is 6.92 Å². The number of anilines is 1. The van der Waals surface area contributed by atoms with Crippen LogP contribution in [0.4, 0.5) is 10.1 Å². The van der Waals surface area contributed by atoms with E-state index in [0.29, 0.717) is 5.56 Å². The molecule has 0 heterocycles. The Bertz CT molecular complexity index is 515. The SMILES string of the molecule is CC(=O)OC(C)(C)CNC(=O)Cc1ccc(F)c(N)c1. The second kappa shape index (κ2) is 6.36. The van der Waals surface area contributed by atoms with Crippen molar-refractivity contribution < 1.29 is 18.7 Å². The van der Waals surface area contributed by atoms with Gasteiger partial charge in [0.15, 0.2) is 0 Å². The molecular formula is C14H19FN2O3. The third-order valence-corrected chi connectivity index (χ3v) is 2.56. The molecule has 0 aromatic heterocycles. The van der Waals surface area contributed by atoms with Crippen LogP contribution in [-0.4, -0.2) is 24.0 Å². The molecule has 1 aromatic rings. The van der Waals surface area contributed by atoms with E-state index in [1.54, 1.807) is 13.8 Å². The van der Waals surface area contributed by atoms with Crippen molar-refractivity contribution in [3.8, 4) is 0 Å². The lowest BCUT2D eigenvalue weighted by atomic mass is 10.1. The predicted molar refractivity (Wildman–Crippen MR) is 73.4 cm³/mol. The molecule has 0 unspecified atom stereocenters. The maximum Gasteiger partial charge on any atom is 0.303 e. The summed E-state index contributed by atoms with van der Waals surface area (Å²) < 4.78 is 18.0. The fourth-order valence-corrected chi connectivity index (χ4v) is 1.69. The molecule has 110 valence electrons. The number of nitrogens with one attached hydrogen (secondary N) is 1. The molecule has 0 aliphatic rings. The van der Waals surface area contributed by atoms with Gasteiger partial charge in [-0.25, -0.2) is 4.39 Å². The largest absolute Gasteiger partial charge is 0.458 e. The number of hydrogen-bond acceptors (Lipinski definition) is 4. The van der Waals surface area contributed by atoms with E-state index in [9.17, 15) is 14.0 Å². The Kier molecular flexibility index (Phi) is 5.07. The van der Waals surface area contributed by atoms with Crippen LogP contribution in [0, 0.1) is 5.82 Å². The minimum absolute atomic E-state index is 0.00976. The summed E-state index contributed by atoms with van der Waals surface area (Å²) in [6, 6.07) is 4.15. The zero-order valence-corrected chi connectivity index (χ0v) is 11.8. The Hall–Kier alpha value is -2.11. The van der Waals surface area contributed by atoms with Crippen molar-refractivity contribution in [2.24, 2.45) is 0 Å². The van der Waals surface area contributed by atoms with Crippen LogP contribution in [0.1, 0.15) is 26.3 Å². The number of benzene rings is 1. The molecule has 0 bridgehead atoms. The molecule has 1 aromatic carbocycles. The van der Waals surface area contributed by atoms with Crippen molar-refractivity contribution >= 4 is 17.6 Å². The molecule has 20 heavy (non-hydrogen) atoms. The number of carbonyl (C=O) groups excluding carboxylic acids is 2. The Morgan fingerprint density at radius 3 is 2.60 bits per heavy atom. The third-order valence-electron chi connectivity index (χ3n) is 2.56. The van der Waals surface area contributed by atoms with Gasteiger partial charge in [0.2, 0.25) is 5.91 Å². The lowest BCUT2D eigenvalue weighted by Gasteiger charge is -2.24. The third kappa shape index (κ3) is 5.26. The summed E-state index contributed by atoms with van der Waals surface area (Å²) >= 11 is 0. The van der Waals surface area contributed by atoms with E-state index in [1.165, 1.54) is 25.1 Å². The first kappa shape index (κ1) is 15.9. The van der Waals surface area contributed by atoms with Gasteiger partial charge >= 0.3 is 5.97 Å². The summed E-state index contributed by atoms with van der Waals surface area (Å²) in [5, 5.41) is 2.66. The summed E-state index contributed by atoms with van der Waals surface area (Å²) in [5.41, 5.74) is 5.28. The lowest BCUT2D eigenvalue weighted by Crippen LogP contribution is -2.41. The highest BCUT2D eigenvalue weighted by atomic mass is 19.1.